The number of aromatic nitrogens is 5. The van der Waals surface area contributed by atoms with Crippen molar-refractivity contribution in [1.82, 2.24) is 25.1 Å². The van der Waals surface area contributed by atoms with Gasteiger partial charge in [0.25, 0.3) is 0 Å². The van der Waals surface area contributed by atoms with Crippen molar-refractivity contribution < 1.29 is 0 Å². The van der Waals surface area contributed by atoms with E-state index in [0.29, 0.717) is 17.1 Å². The Bertz CT molecular complexity index is 568. The molecule has 0 aliphatic heterocycles. The molecule has 2 heterocycles. The molecule has 0 bridgehead atoms. The van der Waals surface area contributed by atoms with Crippen LogP contribution in [0.5, 0.6) is 0 Å². The fourth-order valence-corrected chi connectivity index (χ4v) is 3.17. The molecular formula is C10H16N8S2. The van der Waals surface area contributed by atoms with E-state index in [1.807, 2.05) is 25.7 Å². The normalized spacial score (nSPS) is 10.6. The molecule has 0 aliphatic carbocycles. The molecule has 3 N–H and O–H groups in total. The zero-order valence-corrected chi connectivity index (χ0v) is 13.1. The molecule has 0 saturated heterocycles. The maximum atomic E-state index is 5.41. The van der Waals surface area contributed by atoms with E-state index in [0.717, 1.165) is 22.4 Å². The van der Waals surface area contributed by atoms with Gasteiger partial charge in [0, 0.05) is 13.1 Å². The first-order valence-corrected chi connectivity index (χ1v) is 7.75. The standard InChI is InChI=1S/C10H16N8S2/c1-4-18(5-2)8-12-7(15-11)13-9(14-8)20-10-17-16-6(3)19-10/h4-5,11H2,1-3H3,(H,12,13,14,15). The summed E-state index contributed by atoms with van der Waals surface area (Å²) in [5.41, 5.74) is 2.47. The third-order valence-electron chi connectivity index (χ3n) is 2.46. The molecule has 2 rings (SSSR count). The molecule has 0 atom stereocenters. The smallest absolute Gasteiger partial charge is 0.242 e. The van der Waals surface area contributed by atoms with Gasteiger partial charge in [-0.25, -0.2) is 5.84 Å². The molecule has 0 radical (unpaired) electrons. The number of nitrogens with one attached hydrogen (secondary N) is 1. The van der Waals surface area contributed by atoms with Gasteiger partial charge in [-0.15, -0.1) is 10.2 Å². The minimum atomic E-state index is 0.339. The average molecular weight is 312 g/mol. The molecule has 0 fully saturated rings. The molecule has 0 aliphatic rings. The number of nitrogen functional groups attached to an aromatic ring is 1. The molecule has 2 aromatic heterocycles. The summed E-state index contributed by atoms with van der Waals surface area (Å²) >= 11 is 2.85. The Morgan fingerprint density at radius 2 is 1.95 bits per heavy atom. The van der Waals surface area contributed by atoms with Crippen LogP contribution in [0.1, 0.15) is 18.9 Å². The van der Waals surface area contributed by atoms with Gasteiger partial charge >= 0.3 is 0 Å². The van der Waals surface area contributed by atoms with Crippen LogP contribution in [0.4, 0.5) is 11.9 Å². The fraction of sp³-hybridized carbons (Fsp3) is 0.500. The van der Waals surface area contributed by atoms with Crippen molar-refractivity contribution in [3.05, 3.63) is 5.01 Å². The zero-order chi connectivity index (χ0) is 14.5. The van der Waals surface area contributed by atoms with Crippen LogP contribution in [0.3, 0.4) is 0 Å². The Labute approximate surface area is 125 Å². The number of hydrogen-bond acceptors (Lipinski definition) is 10. The summed E-state index contributed by atoms with van der Waals surface area (Å²) < 4.78 is 0.794. The van der Waals surface area contributed by atoms with Crippen LogP contribution in [-0.4, -0.2) is 38.2 Å². The van der Waals surface area contributed by atoms with E-state index in [1.165, 1.54) is 23.1 Å². The van der Waals surface area contributed by atoms with E-state index in [4.69, 9.17) is 5.84 Å². The van der Waals surface area contributed by atoms with E-state index in [-0.39, 0.29) is 0 Å². The molecule has 20 heavy (non-hydrogen) atoms. The van der Waals surface area contributed by atoms with E-state index in [2.05, 4.69) is 30.6 Å². The van der Waals surface area contributed by atoms with Crippen LogP contribution in [0.15, 0.2) is 9.50 Å². The maximum absolute atomic E-state index is 5.41. The Morgan fingerprint density at radius 1 is 1.20 bits per heavy atom. The van der Waals surface area contributed by atoms with Crippen LogP contribution in [0.25, 0.3) is 0 Å². The van der Waals surface area contributed by atoms with Gasteiger partial charge < -0.3 is 4.90 Å². The summed E-state index contributed by atoms with van der Waals surface area (Å²) in [5, 5.41) is 9.47. The van der Waals surface area contributed by atoms with Crippen molar-refractivity contribution in [2.45, 2.75) is 30.3 Å². The minimum Gasteiger partial charge on any atom is -0.341 e. The fourth-order valence-electron chi connectivity index (χ4n) is 1.50. The summed E-state index contributed by atoms with van der Waals surface area (Å²) in [7, 11) is 0. The van der Waals surface area contributed by atoms with Gasteiger partial charge in [-0.2, -0.15) is 15.0 Å². The Hall–Kier alpha value is -1.52. The predicted molar refractivity (Wildman–Crippen MR) is 80.0 cm³/mol. The van der Waals surface area contributed by atoms with Crippen LogP contribution in [0.2, 0.25) is 0 Å². The van der Waals surface area contributed by atoms with Crippen LogP contribution in [0, 0.1) is 6.92 Å². The summed E-state index contributed by atoms with van der Waals surface area (Å²) in [6, 6.07) is 0. The Morgan fingerprint density at radius 3 is 2.50 bits per heavy atom. The van der Waals surface area contributed by atoms with Crippen molar-refractivity contribution in [2.24, 2.45) is 5.84 Å². The van der Waals surface area contributed by atoms with Crippen LogP contribution >= 0.6 is 23.1 Å². The largest absolute Gasteiger partial charge is 0.341 e. The number of hydrazine groups is 1. The van der Waals surface area contributed by atoms with E-state index >= 15 is 0 Å². The second kappa shape index (κ2) is 6.77. The molecule has 0 unspecified atom stereocenters. The quantitative estimate of drug-likeness (QED) is 0.603. The highest BCUT2D eigenvalue weighted by atomic mass is 32.2. The lowest BCUT2D eigenvalue weighted by atomic mass is 10.5. The lowest BCUT2D eigenvalue weighted by Gasteiger charge is -2.18. The summed E-state index contributed by atoms with van der Waals surface area (Å²) in [6.07, 6.45) is 0. The molecule has 0 aromatic carbocycles. The number of aryl methyl sites for hydroxylation is 1. The molecule has 10 heteroatoms. The third kappa shape index (κ3) is 3.52. The highest BCUT2D eigenvalue weighted by Gasteiger charge is 2.13. The molecule has 0 saturated carbocycles. The molecular weight excluding hydrogens is 296 g/mol. The Balaban J connectivity index is 2.29. The topological polar surface area (TPSA) is 106 Å². The van der Waals surface area contributed by atoms with Gasteiger partial charge in [-0.1, -0.05) is 11.3 Å². The van der Waals surface area contributed by atoms with Gasteiger partial charge in [0.2, 0.25) is 17.1 Å². The second-order valence-electron chi connectivity index (χ2n) is 3.75. The van der Waals surface area contributed by atoms with Crippen LogP contribution < -0.4 is 16.2 Å². The molecule has 108 valence electrons. The van der Waals surface area contributed by atoms with Crippen molar-refractivity contribution >= 4 is 35.0 Å². The summed E-state index contributed by atoms with van der Waals surface area (Å²) in [6.45, 7) is 7.62. The number of nitrogens with zero attached hydrogens (tertiary/aromatic N) is 6. The zero-order valence-electron chi connectivity index (χ0n) is 11.5. The number of rotatable bonds is 6. The minimum absolute atomic E-state index is 0.339. The van der Waals surface area contributed by atoms with E-state index < -0.39 is 0 Å². The summed E-state index contributed by atoms with van der Waals surface area (Å²) in [4.78, 5) is 15.0. The number of nitrogens with two attached hydrogens (primary N) is 1. The first-order valence-electron chi connectivity index (χ1n) is 6.11. The predicted octanol–water partition coefficient (Wildman–Crippen LogP) is 1.31. The summed E-state index contributed by atoms with van der Waals surface area (Å²) in [5.74, 6) is 6.35. The second-order valence-corrected chi connectivity index (χ2v) is 6.14. The number of anilines is 2. The van der Waals surface area contributed by atoms with E-state index in [9.17, 15) is 0 Å². The van der Waals surface area contributed by atoms with Crippen molar-refractivity contribution in [3.63, 3.8) is 0 Å². The van der Waals surface area contributed by atoms with Crippen LogP contribution in [-0.2, 0) is 0 Å². The van der Waals surface area contributed by atoms with Crippen molar-refractivity contribution in [2.75, 3.05) is 23.4 Å². The van der Waals surface area contributed by atoms with Gasteiger partial charge in [0.1, 0.15) is 5.01 Å². The van der Waals surface area contributed by atoms with Gasteiger partial charge in [0.15, 0.2) is 4.34 Å². The van der Waals surface area contributed by atoms with Gasteiger partial charge in [-0.05, 0) is 32.5 Å². The highest BCUT2D eigenvalue weighted by molar-refractivity contribution is 8.00. The third-order valence-corrected chi connectivity index (χ3v) is 4.22. The maximum Gasteiger partial charge on any atom is 0.242 e. The van der Waals surface area contributed by atoms with Gasteiger partial charge in [0.05, 0.1) is 0 Å². The Kier molecular flexibility index (Phi) is 5.04. The lowest BCUT2D eigenvalue weighted by molar-refractivity contribution is 0.783. The first kappa shape index (κ1) is 14.9. The molecule has 0 amide bonds. The lowest BCUT2D eigenvalue weighted by Crippen LogP contribution is -2.25. The van der Waals surface area contributed by atoms with Crippen molar-refractivity contribution in [1.29, 1.82) is 0 Å². The molecule has 8 nitrogen and oxygen atoms in total. The number of hydrogen-bond donors (Lipinski definition) is 2. The first-order chi connectivity index (χ1) is 9.66. The highest BCUT2D eigenvalue weighted by Crippen LogP contribution is 2.28. The van der Waals surface area contributed by atoms with Gasteiger partial charge in [-0.3, -0.25) is 5.43 Å². The SMILES string of the molecule is CCN(CC)c1nc(NN)nc(Sc2nnc(C)s2)n1. The average Bonchev–Trinajstić information content (AvgIpc) is 2.85. The molecule has 0 spiro atoms. The monoisotopic (exact) mass is 312 g/mol. The molecule has 2 aromatic rings. The van der Waals surface area contributed by atoms with E-state index in [1.54, 1.807) is 0 Å². The van der Waals surface area contributed by atoms with Crippen molar-refractivity contribution in [3.8, 4) is 0 Å².